The minimum Gasteiger partial charge on any atom is -0.335 e. The van der Waals surface area contributed by atoms with Gasteiger partial charge < -0.3 is 10.7 Å². The Hall–Kier alpha value is -1.13. The van der Waals surface area contributed by atoms with Crippen LogP contribution in [0.2, 0.25) is 0 Å². The Balaban J connectivity index is 2.63. The number of aryl methyl sites for hydroxylation is 3. The van der Waals surface area contributed by atoms with Crippen LogP contribution in [0.1, 0.15) is 22.5 Å². The fourth-order valence-corrected chi connectivity index (χ4v) is 2.73. The summed E-state index contributed by atoms with van der Waals surface area (Å²) in [6.45, 7) is 6.74. The maximum Gasteiger partial charge on any atom is 0.121 e. The fourth-order valence-electron chi connectivity index (χ4n) is 2.21. The zero-order chi connectivity index (χ0) is 12.6. The Morgan fingerprint density at radius 2 is 1.82 bits per heavy atom. The second-order valence-electron chi connectivity index (χ2n) is 4.32. The van der Waals surface area contributed by atoms with Crippen LogP contribution in [0.3, 0.4) is 0 Å². The van der Waals surface area contributed by atoms with Crippen LogP contribution in [0.5, 0.6) is 0 Å². The molecule has 0 fully saturated rings. The number of aromatic amines is 1. The minimum atomic E-state index is 0.419. The molecule has 4 heteroatoms. The van der Waals surface area contributed by atoms with E-state index >= 15 is 0 Å². The molecule has 90 valence electrons. The van der Waals surface area contributed by atoms with Crippen molar-refractivity contribution in [2.24, 2.45) is 5.73 Å². The van der Waals surface area contributed by atoms with Crippen molar-refractivity contribution in [2.45, 2.75) is 27.3 Å². The van der Waals surface area contributed by atoms with Gasteiger partial charge in [0.05, 0.1) is 6.54 Å². The lowest BCUT2D eigenvalue weighted by atomic mass is 9.98. The number of nitrogens with zero attached hydrogens (tertiary/aromatic N) is 1. The van der Waals surface area contributed by atoms with Gasteiger partial charge in [-0.25, -0.2) is 4.98 Å². The number of halogens is 1. The summed E-state index contributed by atoms with van der Waals surface area (Å²) < 4.78 is 0.896. The number of rotatable bonds is 2. The number of nitrogens with two attached hydrogens (primary N) is 1. The molecule has 0 unspecified atom stereocenters. The largest absolute Gasteiger partial charge is 0.335 e. The molecule has 2 rings (SSSR count). The standard InChI is InChI=1S/C13H16BrN3/c1-7-4-8(2)11(9(3)5-7)12-13(14)17-10(6-15)16-12/h4-5H,6,15H2,1-3H3,(H,16,17). The quantitative estimate of drug-likeness (QED) is 0.893. The average Bonchev–Trinajstić information content (AvgIpc) is 2.59. The molecule has 0 saturated heterocycles. The first-order valence-electron chi connectivity index (χ1n) is 5.55. The number of hydrogen-bond donors (Lipinski definition) is 2. The first-order chi connectivity index (χ1) is 8.02. The molecule has 0 atom stereocenters. The van der Waals surface area contributed by atoms with Crippen LogP contribution < -0.4 is 5.73 Å². The zero-order valence-electron chi connectivity index (χ0n) is 10.3. The van der Waals surface area contributed by atoms with Crippen LogP contribution in [0.15, 0.2) is 16.7 Å². The van der Waals surface area contributed by atoms with Gasteiger partial charge in [-0.05, 0) is 47.8 Å². The summed E-state index contributed by atoms with van der Waals surface area (Å²) in [4.78, 5) is 7.66. The van der Waals surface area contributed by atoms with Gasteiger partial charge in [-0.1, -0.05) is 17.7 Å². The molecular formula is C13H16BrN3. The third-order valence-electron chi connectivity index (χ3n) is 2.82. The van der Waals surface area contributed by atoms with E-state index in [2.05, 4.69) is 58.8 Å². The highest BCUT2D eigenvalue weighted by Crippen LogP contribution is 2.32. The lowest BCUT2D eigenvalue weighted by Crippen LogP contribution is -1.98. The van der Waals surface area contributed by atoms with Crippen molar-refractivity contribution in [1.82, 2.24) is 9.97 Å². The molecule has 1 aromatic heterocycles. The van der Waals surface area contributed by atoms with Crippen LogP contribution >= 0.6 is 15.9 Å². The molecule has 3 nitrogen and oxygen atoms in total. The molecule has 1 heterocycles. The summed E-state index contributed by atoms with van der Waals surface area (Å²) in [5.41, 5.74) is 11.5. The Bertz CT molecular complexity index is 535. The Labute approximate surface area is 110 Å². The van der Waals surface area contributed by atoms with Crippen molar-refractivity contribution in [2.75, 3.05) is 0 Å². The van der Waals surface area contributed by atoms with Crippen molar-refractivity contribution in [3.05, 3.63) is 39.3 Å². The molecule has 0 amide bonds. The van der Waals surface area contributed by atoms with Crippen LogP contribution in [0.4, 0.5) is 0 Å². The number of aromatic nitrogens is 2. The van der Waals surface area contributed by atoms with Gasteiger partial charge in [-0.15, -0.1) is 0 Å². The third-order valence-corrected chi connectivity index (χ3v) is 3.39. The summed E-state index contributed by atoms with van der Waals surface area (Å²) in [6.07, 6.45) is 0. The third kappa shape index (κ3) is 2.28. The lowest BCUT2D eigenvalue weighted by Gasteiger charge is -2.09. The van der Waals surface area contributed by atoms with Crippen molar-refractivity contribution < 1.29 is 0 Å². The maximum absolute atomic E-state index is 5.60. The van der Waals surface area contributed by atoms with Crippen molar-refractivity contribution in [1.29, 1.82) is 0 Å². The first kappa shape index (κ1) is 12.3. The molecule has 17 heavy (non-hydrogen) atoms. The number of imidazole rings is 1. The lowest BCUT2D eigenvalue weighted by molar-refractivity contribution is 0.947. The van der Waals surface area contributed by atoms with E-state index in [1.807, 2.05) is 0 Å². The number of hydrogen-bond acceptors (Lipinski definition) is 2. The number of nitrogens with one attached hydrogen (secondary N) is 1. The second kappa shape index (κ2) is 4.63. The van der Waals surface area contributed by atoms with Gasteiger partial charge >= 0.3 is 0 Å². The van der Waals surface area contributed by atoms with Gasteiger partial charge in [0, 0.05) is 5.56 Å². The van der Waals surface area contributed by atoms with E-state index in [1.165, 1.54) is 22.3 Å². The highest BCUT2D eigenvalue weighted by atomic mass is 79.9. The van der Waals surface area contributed by atoms with E-state index < -0.39 is 0 Å². The Morgan fingerprint density at radius 3 is 2.29 bits per heavy atom. The summed E-state index contributed by atoms with van der Waals surface area (Å²) in [7, 11) is 0. The predicted molar refractivity (Wildman–Crippen MR) is 73.8 cm³/mol. The fraction of sp³-hybridized carbons (Fsp3) is 0.308. The highest BCUT2D eigenvalue weighted by Gasteiger charge is 2.14. The van der Waals surface area contributed by atoms with Crippen LogP contribution in [0, 0.1) is 20.8 Å². The van der Waals surface area contributed by atoms with Crippen molar-refractivity contribution in [3.8, 4) is 11.3 Å². The minimum absolute atomic E-state index is 0.419. The van der Waals surface area contributed by atoms with E-state index in [4.69, 9.17) is 5.73 Å². The second-order valence-corrected chi connectivity index (χ2v) is 5.12. The zero-order valence-corrected chi connectivity index (χ0v) is 11.9. The molecule has 1 aromatic carbocycles. The molecule has 0 bridgehead atoms. The van der Waals surface area contributed by atoms with Gasteiger partial charge in [0.1, 0.15) is 16.1 Å². The van der Waals surface area contributed by atoms with Gasteiger partial charge in [-0.2, -0.15) is 0 Å². The van der Waals surface area contributed by atoms with E-state index in [-0.39, 0.29) is 0 Å². The maximum atomic E-state index is 5.60. The van der Waals surface area contributed by atoms with Crippen LogP contribution in [-0.2, 0) is 6.54 Å². The van der Waals surface area contributed by atoms with Gasteiger partial charge in [0.2, 0.25) is 0 Å². The Kier molecular flexibility index (Phi) is 3.35. The van der Waals surface area contributed by atoms with E-state index in [1.54, 1.807) is 0 Å². The molecule has 0 aliphatic rings. The molecule has 3 N–H and O–H groups in total. The van der Waals surface area contributed by atoms with Crippen LogP contribution in [0.25, 0.3) is 11.3 Å². The Morgan fingerprint density at radius 1 is 1.24 bits per heavy atom. The normalized spacial score (nSPS) is 10.9. The highest BCUT2D eigenvalue weighted by molar-refractivity contribution is 9.10. The molecule has 0 radical (unpaired) electrons. The number of H-pyrrole nitrogens is 1. The van der Waals surface area contributed by atoms with Crippen molar-refractivity contribution in [3.63, 3.8) is 0 Å². The summed E-state index contributed by atoms with van der Waals surface area (Å²) in [5, 5.41) is 0. The van der Waals surface area contributed by atoms with E-state index in [0.29, 0.717) is 6.54 Å². The monoisotopic (exact) mass is 293 g/mol. The molecule has 0 aliphatic carbocycles. The SMILES string of the molecule is Cc1cc(C)c(-c2nc(CN)[nH]c2Br)c(C)c1. The smallest absolute Gasteiger partial charge is 0.121 e. The summed E-state index contributed by atoms with van der Waals surface area (Å²) >= 11 is 3.51. The molecule has 0 spiro atoms. The van der Waals surface area contributed by atoms with Crippen molar-refractivity contribution >= 4 is 15.9 Å². The molecule has 0 saturated carbocycles. The predicted octanol–water partition coefficient (Wildman–Crippen LogP) is 3.22. The molecule has 2 aromatic rings. The van der Waals surface area contributed by atoms with Gasteiger partial charge in [-0.3, -0.25) is 0 Å². The number of benzene rings is 1. The van der Waals surface area contributed by atoms with Gasteiger partial charge in [0.25, 0.3) is 0 Å². The summed E-state index contributed by atoms with van der Waals surface area (Å²) in [5.74, 6) is 0.797. The molecule has 0 aliphatic heterocycles. The topological polar surface area (TPSA) is 54.7 Å². The summed E-state index contributed by atoms with van der Waals surface area (Å²) in [6, 6.07) is 4.34. The van der Waals surface area contributed by atoms with E-state index in [9.17, 15) is 0 Å². The average molecular weight is 294 g/mol. The van der Waals surface area contributed by atoms with E-state index in [0.717, 1.165) is 16.1 Å². The molecular weight excluding hydrogens is 278 g/mol. The first-order valence-corrected chi connectivity index (χ1v) is 6.35. The van der Waals surface area contributed by atoms with Gasteiger partial charge in [0.15, 0.2) is 0 Å². The van der Waals surface area contributed by atoms with Crippen LogP contribution in [-0.4, -0.2) is 9.97 Å².